The van der Waals surface area contributed by atoms with Crippen LogP contribution in [0.5, 0.6) is 0 Å². The minimum atomic E-state index is -1.97. The number of carbonyl (C=O) groups is 1. The van der Waals surface area contributed by atoms with Crippen molar-refractivity contribution >= 4 is 6.09 Å². The molecule has 0 saturated carbocycles. The molecular formula is C33H69N3O22. The van der Waals surface area contributed by atoms with Crippen molar-refractivity contribution < 1.29 is 110 Å². The van der Waals surface area contributed by atoms with Crippen LogP contribution < -0.4 is 11.1 Å². The van der Waals surface area contributed by atoms with Gasteiger partial charge in [-0.15, -0.1) is 0 Å². The summed E-state index contributed by atoms with van der Waals surface area (Å²) in [6, 6.07) is 0. The summed E-state index contributed by atoms with van der Waals surface area (Å²) in [6.45, 7) is -5.35. The predicted octanol–water partition coefficient (Wildman–Crippen LogP) is -9.88. The molecule has 25 heteroatoms. The fraction of sp³-hybridized carbons (Fsp3) is 0.970. The molecule has 348 valence electrons. The second kappa shape index (κ2) is 34.0. The van der Waals surface area contributed by atoms with Crippen molar-refractivity contribution in [1.82, 2.24) is 10.2 Å². The zero-order valence-corrected chi connectivity index (χ0v) is 32.5. The van der Waals surface area contributed by atoms with Gasteiger partial charge in [0.25, 0.3) is 0 Å². The van der Waals surface area contributed by atoms with Crippen LogP contribution in [0, 0.1) is 0 Å². The van der Waals surface area contributed by atoms with Crippen molar-refractivity contribution in [3.63, 3.8) is 0 Å². The van der Waals surface area contributed by atoms with E-state index in [2.05, 4.69) is 5.32 Å². The molecule has 0 fully saturated rings. The molecule has 0 aromatic carbocycles. The highest BCUT2D eigenvalue weighted by atomic mass is 16.6. The van der Waals surface area contributed by atoms with Crippen molar-refractivity contribution in [2.75, 3.05) is 119 Å². The third-order valence-electron chi connectivity index (χ3n) is 7.82. The van der Waals surface area contributed by atoms with Gasteiger partial charge in [-0.25, -0.2) is 4.79 Å². The molecule has 0 aliphatic heterocycles. The Kier molecular flexibility index (Phi) is 33.1. The molecular weight excluding hydrogens is 790 g/mol. The zero-order chi connectivity index (χ0) is 44.0. The number of carbonyl (C=O) groups excluding carboxylic acids is 1. The van der Waals surface area contributed by atoms with Gasteiger partial charge in [0.05, 0.1) is 97.1 Å². The van der Waals surface area contributed by atoms with Crippen LogP contribution in [0.25, 0.3) is 0 Å². The van der Waals surface area contributed by atoms with Crippen LogP contribution in [0.3, 0.4) is 0 Å². The van der Waals surface area contributed by atoms with E-state index in [4.69, 9.17) is 44.4 Å². The SMILES string of the molecule is NCCNC(=O)OCC(O)COCC(O)COCC(O)COCC(O)COCC(O)COCC(O)CN(C[C@H](O)[C@@H](O)[C@H](O)[C@H](O)CO)C[C@H](O)[C@@H](O)[C@H](O)CCO. The number of alkyl carbamates (subject to hydrolysis) is 1. The van der Waals surface area contributed by atoms with Crippen LogP contribution >= 0.6 is 0 Å². The zero-order valence-electron chi connectivity index (χ0n) is 32.5. The topological polar surface area (TPSA) is 417 Å². The summed E-state index contributed by atoms with van der Waals surface area (Å²) in [7, 11) is 0. The summed E-state index contributed by atoms with van der Waals surface area (Å²) >= 11 is 0. The summed E-state index contributed by atoms with van der Waals surface area (Å²) < 4.78 is 30.8. The maximum Gasteiger partial charge on any atom is 0.407 e. The highest BCUT2D eigenvalue weighted by Crippen LogP contribution is 2.11. The van der Waals surface area contributed by atoms with E-state index >= 15 is 0 Å². The lowest BCUT2D eigenvalue weighted by atomic mass is 10.0. The number of aliphatic hydroxyl groups is 15. The summed E-state index contributed by atoms with van der Waals surface area (Å²) in [5.74, 6) is 0. The quantitative estimate of drug-likeness (QED) is 0.0274. The molecule has 13 atom stereocenters. The van der Waals surface area contributed by atoms with Crippen LogP contribution in [-0.4, -0.2) is 286 Å². The van der Waals surface area contributed by atoms with Gasteiger partial charge >= 0.3 is 6.09 Å². The Hall–Kier alpha value is -1.61. The molecule has 0 spiro atoms. The van der Waals surface area contributed by atoms with E-state index in [0.29, 0.717) is 0 Å². The lowest BCUT2D eigenvalue weighted by Gasteiger charge is -2.34. The molecule has 0 rings (SSSR count). The van der Waals surface area contributed by atoms with Crippen LogP contribution in [-0.2, 0) is 28.4 Å². The molecule has 0 saturated heterocycles. The molecule has 0 aliphatic rings. The minimum absolute atomic E-state index is 0.206. The predicted molar refractivity (Wildman–Crippen MR) is 196 cm³/mol. The average molecular weight is 860 g/mol. The molecule has 0 aromatic rings. The van der Waals surface area contributed by atoms with Crippen molar-refractivity contribution in [2.45, 2.75) is 85.8 Å². The fourth-order valence-corrected chi connectivity index (χ4v) is 4.78. The summed E-state index contributed by atoms with van der Waals surface area (Å²) in [5, 5.41) is 151. The fourth-order valence-electron chi connectivity index (χ4n) is 4.78. The van der Waals surface area contributed by atoms with Crippen LogP contribution in [0.4, 0.5) is 4.79 Å². The van der Waals surface area contributed by atoms with Gasteiger partial charge in [0, 0.05) is 39.3 Å². The standard InChI is InChI=1S/C33H69N3O22/c34-2-3-35-33(52)58-19-25(44)18-57-17-24(43)16-56-15-23(42)14-55-13-22(41)12-54-11-21(40)10-53-9-20(39)5-36(6-27(46)30(49)26(45)1-4-37)7-28(47)31(50)32(51)29(48)8-38/h20-32,37-51H,1-19,34H2,(H,35,52)/t20?,21?,22?,23?,24?,25?,26-,27+,28+,29-,30+,31-,32-/m1/s1. The second-order valence-electron chi connectivity index (χ2n) is 13.6. The number of nitrogens with two attached hydrogens (primary N) is 1. The van der Waals surface area contributed by atoms with E-state index in [1.165, 1.54) is 0 Å². The van der Waals surface area contributed by atoms with Gasteiger partial charge in [0.2, 0.25) is 0 Å². The first kappa shape index (κ1) is 56.4. The Balaban J connectivity index is 4.41. The summed E-state index contributed by atoms with van der Waals surface area (Å²) in [5.41, 5.74) is 5.24. The van der Waals surface area contributed by atoms with Crippen LogP contribution in [0.1, 0.15) is 6.42 Å². The molecule has 58 heavy (non-hydrogen) atoms. The van der Waals surface area contributed by atoms with Gasteiger partial charge in [-0.2, -0.15) is 0 Å². The average Bonchev–Trinajstić information content (AvgIpc) is 3.17. The second-order valence-corrected chi connectivity index (χ2v) is 13.6. The van der Waals surface area contributed by atoms with Crippen molar-refractivity contribution in [1.29, 1.82) is 0 Å². The first-order chi connectivity index (χ1) is 27.4. The molecule has 0 radical (unpaired) electrons. The summed E-state index contributed by atoms with van der Waals surface area (Å²) in [4.78, 5) is 12.5. The van der Waals surface area contributed by atoms with Gasteiger partial charge in [-0.05, 0) is 6.42 Å². The van der Waals surface area contributed by atoms with E-state index in [-0.39, 0.29) is 92.1 Å². The van der Waals surface area contributed by atoms with Gasteiger partial charge in [0.1, 0.15) is 61.5 Å². The van der Waals surface area contributed by atoms with Gasteiger partial charge in [0.15, 0.2) is 0 Å². The maximum atomic E-state index is 11.3. The number of ether oxygens (including phenoxy) is 6. The normalized spacial score (nSPS) is 19.0. The molecule has 0 heterocycles. The van der Waals surface area contributed by atoms with Gasteiger partial charge in [-0.1, -0.05) is 0 Å². The lowest BCUT2D eigenvalue weighted by Crippen LogP contribution is -2.53. The Labute approximate surface area is 336 Å². The third kappa shape index (κ3) is 28.0. The van der Waals surface area contributed by atoms with Crippen LogP contribution in [0.2, 0.25) is 0 Å². The number of hydrogen-bond donors (Lipinski definition) is 17. The third-order valence-corrected chi connectivity index (χ3v) is 7.82. The lowest BCUT2D eigenvalue weighted by molar-refractivity contribution is -0.125. The molecule has 18 N–H and O–H groups in total. The van der Waals surface area contributed by atoms with Crippen molar-refractivity contribution in [2.24, 2.45) is 5.73 Å². The Morgan fingerprint density at radius 1 is 0.483 bits per heavy atom. The highest BCUT2D eigenvalue weighted by Gasteiger charge is 2.33. The number of nitrogens with one attached hydrogen (secondary N) is 1. The number of nitrogens with zero attached hydrogens (tertiary/aromatic N) is 1. The monoisotopic (exact) mass is 859 g/mol. The number of hydrogen-bond acceptors (Lipinski definition) is 24. The van der Waals surface area contributed by atoms with E-state index in [1.54, 1.807) is 0 Å². The Bertz CT molecular complexity index is 985. The van der Waals surface area contributed by atoms with E-state index in [1.807, 2.05) is 0 Å². The van der Waals surface area contributed by atoms with Gasteiger partial charge in [-0.3, -0.25) is 4.90 Å². The number of rotatable bonds is 38. The van der Waals surface area contributed by atoms with E-state index < -0.39 is 118 Å². The molecule has 25 nitrogen and oxygen atoms in total. The van der Waals surface area contributed by atoms with Gasteiger partial charge < -0.3 is 116 Å². The minimum Gasteiger partial charge on any atom is -0.447 e. The molecule has 0 bridgehead atoms. The van der Waals surface area contributed by atoms with E-state index in [0.717, 1.165) is 4.90 Å². The molecule has 0 aliphatic carbocycles. The van der Waals surface area contributed by atoms with E-state index in [9.17, 15) is 71.2 Å². The summed E-state index contributed by atoms with van der Waals surface area (Å²) in [6.07, 6.45) is -20.5. The number of amides is 1. The molecule has 0 aromatic heterocycles. The van der Waals surface area contributed by atoms with Crippen molar-refractivity contribution in [3.05, 3.63) is 0 Å². The largest absolute Gasteiger partial charge is 0.447 e. The molecule has 6 unspecified atom stereocenters. The van der Waals surface area contributed by atoms with Crippen molar-refractivity contribution in [3.8, 4) is 0 Å². The first-order valence-electron chi connectivity index (χ1n) is 18.7. The number of aliphatic hydroxyl groups excluding tert-OH is 15. The highest BCUT2D eigenvalue weighted by molar-refractivity contribution is 5.67. The first-order valence-corrected chi connectivity index (χ1v) is 18.7. The maximum absolute atomic E-state index is 11.3. The molecule has 1 amide bonds. The smallest absolute Gasteiger partial charge is 0.407 e. The Morgan fingerprint density at radius 2 is 0.845 bits per heavy atom. The Morgan fingerprint density at radius 3 is 1.22 bits per heavy atom. The van der Waals surface area contributed by atoms with Crippen LogP contribution in [0.15, 0.2) is 0 Å².